The van der Waals surface area contributed by atoms with Crippen LogP contribution in [0.5, 0.6) is 0 Å². The van der Waals surface area contributed by atoms with E-state index in [1.807, 2.05) is 0 Å². The van der Waals surface area contributed by atoms with Crippen molar-refractivity contribution in [1.82, 2.24) is 10.2 Å². The van der Waals surface area contributed by atoms with Gasteiger partial charge in [0, 0.05) is 25.0 Å². The van der Waals surface area contributed by atoms with Gasteiger partial charge in [0.15, 0.2) is 0 Å². The van der Waals surface area contributed by atoms with Gasteiger partial charge in [0.05, 0.1) is 5.92 Å². The summed E-state index contributed by atoms with van der Waals surface area (Å²) in [6, 6.07) is 0.277. The van der Waals surface area contributed by atoms with Crippen molar-refractivity contribution in [3.63, 3.8) is 0 Å². The first-order valence-corrected chi connectivity index (χ1v) is 7.85. The molecule has 1 heterocycles. The highest BCUT2D eigenvalue weighted by Gasteiger charge is 2.34. The number of rotatable bonds is 5. The van der Waals surface area contributed by atoms with E-state index in [9.17, 15) is 9.59 Å². The van der Waals surface area contributed by atoms with Crippen LogP contribution in [0.2, 0.25) is 0 Å². The van der Waals surface area contributed by atoms with Gasteiger partial charge >= 0.3 is 5.97 Å². The molecule has 0 radical (unpaired) electrons. The molecule has 2 fully saturated rings. The van der Waals surface area contributed by atoms with E-state index in [0.717, 1.165) is 38.9 Å². The molecule has 20 heavy (non-hydrogen) atoms. The molecule has 1 amide bonds. The average molecular weight is 282 g/mol. The molecule has 2 rings (SSSR count). The van der Waals surface area contributed by atoms with Gasteiger partial charge in [0.2, 0.25) is 5.91 Å². The van der Waals surface area contributed by atoms with Gasteiger partial charge in [-0.3, -0.25) is 9.59 Å². The molecule has 2 aliphatic rings. The Hall–Kier alpha value is -1.10. The normalized spacial score (nSPS) is 28.4. The maximum atomic E-state index is 12.2. The van der Waals surface area contributed by atoms with E-state index in [-0.39, 0.29) is 23.8 Å². The van der Waals surface area contributed by atoms with Gasteiger partial charge in [-0.2, -0.15) is 0 Å². The second kappa shape index (κ2) is 7.07. The van der Waals surface area contributed by atoms with Crippen molar-refractivity contribution in [2.45, 2.75) is 51.5 Å². The Morgan fingerprint density at radius 1 is 1.15 bits per heavy atom. The average Bonchev–Trinajstić information content (AvgIpc) is 2.91. The van der Waals surface area contributed by atoms with Crippen LogP contribution < -0.4 is 5.32 Å². The zero-order valence-electron chi connectivity index (χ0n) is 12.3. The molecule has 1 aliphatic carbocycles. The lowest BCUT2D eigenvalue weighted by Gasteiger charge is -2.32. The molecule has 0 aromatic heterocycles. The third-order valence-electron chi connectivity index (χ3n) is 4.63. The Morgan fingerprint density at radius 3 is 2.35 bits per heavy atom. The topological polar surface area (TPSA) is 69.6 Å². The molecule has 2 atom stereocenters. The smallest absolute Gasteiger partial charge is 0.306 e. The number of carboxylic acids is 1. The summed E-state index contributed by atoms with van der Waals surface area (Å²) >= 11 is 0. The predicted molar refractivity (Wildman–Crippen MR) is 76.4 cm³/mol. The Balaban J connectivity index is 1.72. The van der Waals surface area contributed by atoms with Crippen LogP contribution in [0.15, 0.2) is 0 Å². The summed E-state index contributed by atoms with van der Waals surface area (Å²) in [5, 5.41) is 12.1. The zero-order chi connectivity index (χ0) is 14.5. The first-order chi connectivity index (χ1) is 9.60. The summed E-state index contributed by atoms with van der Waals surface area (Å²) in [6.07, 6.45) is 5.08. The number of nitrogens with zero attached hydrogens (tertiary/aromatic N) is 1. The number of aliphatic carboxylic acids is 1. The van der Waals surface area contributed by atoms with Crippen molar-refractivity contribution in [2.24, 2.45) is 11.8 Å². The fraction of sp³-hybridized carbons (Fsp3) is 0.867. The number of piperidine rings is 1. The summed E-state index contributed by atoms with van der Waals surface area (Å²) in [5.41, 5.74) is 0. The van der Waals surface area contributed by atoms with E-state index < -0.39 is 5.97 Å². The molecule has 2 N–H and O–H groups in total. The van der Waals surface area contributed by atoms with Crippen LogP contribution in [0, 0.1) is 11.8 Å². The molecule has 5 nitrogen and oxygen atoms in total. The Kier molecular flexibility index (Phi) is 5.40. The maximum Gasteiger partial charge on any atom is 0.306 e. The van der Waals surface area contributed by atoms with Crippen molar-refractivity contribution >= 4 is 11.9 Å². The molecule has 1 aliphatic heterocycles. The van der Waals surface area contributed by atoms with Crippen LogP contribution in [0.25, 0.3) is 0 Å². The summed E-state index contributed by atoms with van der Waals surface area (Å²) in [4.78, 5) is 25.5. The number of carboxylic acid groups (broad SMARTS) is 1. The van der Waals surface area contributed by atoms with Crippen LogP contribution >= 0.6 is 0 Å². The number of hydrogen-bond acceptors (Lipinski definition) is 3. The molecule has 5 heteroatoms. The number of nitrogens with one attached hydrogen (secondary N) is 1. The molecular weight excluding hydrogens is 256 g/mol. The predicted octanol–water partition coefficient (Wildman–Crippen LogP) is 1.48. The largest absolute Gasteiger partial charge is 0.481 e. The van der Waals surface area contributed by atoms with E-state index in [2.05, 4.69) is 17.1 Å². The zero-order valence-corrected chi connectivity index (χ0v) is 12.3. The summed E-state index contributed by atoms with van der Waals surface area (Å²) in [7, 11) is 0. The van der Waals surface area contributed by atoms with Crippen molar-refractivity contribution in [1.29, 1.82) is 0 Å². The highest BCUT2D eigenvalue weighted by molar-refractivity contribution is 5.81. The lowest BCUT2D eigenvalue weighted by Crippen LogP contribution is -2.46. The minimum absolute atomic E-state index is 0.0719. The molecule has 0 spiro atoms. The number of likely N-dealkylation sites (tertiary alicyclic amines) is 1. The van der Waals surface area contributed by atoms with Gasteiger partial charge < -0.3 is 15.3 Å². The number of carbonyl (C=O) groups is 2. The minimum atomic E-state index is -0.756. The number of amides is 1. The molecule has 0 bridgehead atoms. The molecule has 0 aromatic rings. The first kappa shape index (κ1) is 15.3. The van der Waals surface area contributed by atoms with Crippen LogP contribution in [-0.4, -0.2) is 47.6 Å². The molecule has 2 unspecified atom stereocenters. The van der Waals surface area contributed by atoms with Crippen molar-refractivity contribution in [3.8, 4) is 0 Å². The van der Waals surface area contributed by atoms with Crippen LogP contribution in [0.3, 0.4) is 0 Å². The molecule has 114 valence electrons. The van der Waals surface area contributed by atoms with Gasteiger partial charge in [-0.1, -0.05) is 6.92 Å². The quantitative estimate of drug-likeness (QED) is 0.801. The van der Waals surface area contributed by atoms with E-state index in [1.165, 1.54) is 6.42 Å². The maximum absolute atomic E-state index is 12.2. The fourth-order valence-corrected chi connectivity index (χ4v) is 3.38. The van der Waals surface area contributed by atoms with Gasteiger partial charge in [0.1, 0.15) is 0 Å². The van der Waals surface area contributed by atoms with Crippen molar-refractivity contribution in [2.75, 3.05) is 19.6 Å². The van der Waals surface area contributed by atoms with Gasteiger partial charge in [-0.15, -0.1) is 0 Å². The number of hydrogen-bond donors (Lipinski definition) is 2. The molecule has 1 saturated heterocycles. The lowest BCUT2D eigenvalue weighted by molar-refractivity contribution is -0.141. The Bertz CT molecular complexity index is 351. The van der Waals surface area contributed by atoms with Crippen molar-refractivity contribution < 1.29 is 14.7 Å². The van der Waals surface area contributed by atoms with Crippen LogP contribution in [-0.2, 0) is 9.59 Å². The Labute approximate surface area is 120 Å². The summed E-state index contributed by atoms with van der Waals surface area (Å²) in [6.45, 7) is 5.44. The number of carbonyl (C=O) groups excluding carboxylic acids is 1. The van der Waals surface area contributed by atoms with Gasteiger partial charge in [-0.25, -0.2) is 0 Å². The SMILES string of the molecule is CCCN1CCC(NC(=O)C2CCC(C(=O)O)C2)CC1. The molecular formula is C15H26N2O3. The molecule has 0 aromatic carbocycles. The minimum Gasteiger partial charge on any atom is -0.481 e. The summed E-state index contributed by atoms with van der Waals surface area (Å²) in [5.74, 6) is -1.10. The molecule has 1 saturated carbocycles. The van der Waals surface area contributed by atoms with Crippen LogP contribution in [0.1, 0.15) is 45.4 Å². The van der Waals surface area contributed by atoms with E-state index in [0.29, 0.717) is 12.8 Å². The lowest BCUT2D eigenvalue weighted by atomic mass is 10.0. The highest BCUT2D eigenvalue weighted by Crippen LogP contribution is 2.31. The van der Waals surface area contributed by atoms with Crippen molar-refractivity contribution in [3.05, 3.63) is 0 Å². The van der Waals surface area contributed by atoms with E-state index in [4.69, 9.17) is 5.11 Å². The van der Waals surface area contributed by atoms with E-state index in [1.54, 1.807) is 0 Å². The van der Waals surface area contributed by atoms with Gasteiger partial charge in [-0.05, 0) is 45.1 Å². The third-order valence-corrected chi connectivity index (χ3v) is 4.63. The standard InChI is InChI=1S/C15H26N2O3/c1-2-7-17-8-5-13(6-9-17)16-14(18)11-3-4-12(10-11)15(19)20/h11-13H,2-10H2,1H3,(H,16,18)(H,19,20). The third kappa shape index (κ3) is 3.95. The monoisotopic (exact) mass is 282 g/mol. The highest BCUT2D eigenvalue weighted by atomic mass is 16.4. The van der Waals surface area contributed by atoms with Gasteiger partial charge in [0.25, 0.3) is 0 Å². The Morgan fingerprint density at radius 2 is 1.80 bits per heavy atom. The first-order valence-electron chi connectivity index (χ1n) is 7.85. The second-order valence-corrected chi connectivity index (χ2v) is 6.17. The summed E-state index contributed by atoms with van der Waals surface area (Å²) < 4.78 is 0. The van der Waals surface area contributed by atoms with Crippen LogP contribution in [0.4, 0.5) is 0 Å². The van der Waals surface area contributed by atoms with E-state index >= 15 is 0 Å². The fourth-order valence-electron chi connectivity index (χ4n) is 3.38. The second-order valence-electron chi connectivity index (χ2n) is 6.17.